The summed E-state index contributed by atoms with van der Waals surface area (Å²) in [5.74, 6) is -1.19. The van der Waals surface area contributed by atoms with Gasteiger partial charge < -0.3 is 21.0 Å². The number of rotatable bonds is 5. The number of aromatic carboxylic acids is 1. The van der Waals surface area contributed by atoms with Gasteiger partial charge >= 0.3 is 29.6 Å². The number of carboxylic acid groups (broad SMARTS) is 1. The van der Waals surface area contributed by atoms with Gasteiger partial charge in [0.25, 0.3) is 0 Å². The molecule has 0 aromatic carbocycles. The Labute approximate surface area is 117 Å². The summed E-state index contributed by atoms with van der Waals surface area (Å²) < 4.78 is 0. The molecule has 5 nitrogen and oxygen atoms in total. The van der Waals surface area contributed by atoms with Crippen LogP contribution in [0.5, 0.6) is 0 Å². The molecule has 0 aliphatic carbocycles. The molecular formula is C10H14N3NaO2. The van der Waals surface area contributed by atoms with E-state index in [1.807, 2.05) is 6.92 Å². The molecule has 0 saturated carbocycles. The van der Waals surface area contributed by atoms with Gasteiger partial charge in [0.15, 0.2) is 0 Å². The fourth-order valence-corrected chi connectivity index (χ4v) is 1.13. The van der Waals surface area contributed by atoms with Crippen molar-refractivity contribution in [2.75, 3.05) is 6.54 Å². The van der Waals surface area contributed by atoms with E-state index >= 15 is 0 Å². The minimum atomic E-state index is -1.19. The maximum Gasteiger partial charge on any atom is 1.00 e. The molecule has 1 unspecified atom stereocenters. The molecule has 0 radical (unpaired) electrons. The standard InChI is InChI=1S/C10H15N3O2.Na/c1-7(11)5-12-6-9-4-8(10(14)15)2-3-13-9;/h2-4,7,12H,5-6,11H2,1H3,(H,14,15);/q;+1/p-1. The predicted octanol–water partition coefficient (Wildman–Crippen LogP) is -4.11. The van der Waals surface area contributed by atoms with Crippen LogP contribution in [0.2, 0.25) is 0 Å². The number of aromatic nitrogens is 1. The fourth-order valence-electron chi connectivity index (χ4n) is 1.13. The SMILES string of the molecule is CC(N)CNCc1cc(C(=O)[O-])ccn1.[Na+]. The molecule has 0 saturated heterocycles. The zero-order valence-corrected chi connectivity index (χ0v) is 11.6. The van der Waals surface area contributed by atoms with E-state index < -0.39 is 5.97 Å². The molecule has 0 spiro atoms. The third-order valence-electron chi connectivity index (χ3n) is 1.82. The van der Waals surface area contributed by atoms with Gasteiger partial charge in [-0.15, -0.1) is 0 Å². The van der Waals surface area contributed by atoms with E-state index in [9.17, 15) is 9.90 Å². The van der Waals surface area contributed by atoms with Crippen LogP contribution in [-0.4, -0.2) is 23.5 Å². The predicted molar refractivity (Wildman–Crippen MR) is 53.9 cm³/mol. The third-order valence-corrected chi connectivity index (χ3v) is 1.82. The van der Waals surface area contributed by atoms with Crippen molar-refractivity contribution < 1.29 is 39.5 Å². The molecule has 1 aromatic rings. The van der Waals surface area contributed by atoms with Gasteiger partial charge in [-0.3, -0.25) is 4.98 Å². The molecule has 16 heavy (non-hydrogen) atoms. The maximum atomic E-state index is 10.6. The Morgan fingerprint density at radius 1 is 1.69 bits per heavy atom. The van der Waals surface area contributed by atoms with Gasteiger partial charge in [-0.25, -0.2) is 0 Å². The minimum Gasteiger partial charge on any atom is -0.545 e. The number of hydrogen-bond donors (Lipinski definition) is 2. The average Bonchev–Trinajstić information content (AvgIpc) is 2.17. The third kappa shape index (κ3) is 5.58. The summed E-state index contributed by atoms with van der Waals surface area (Å²) in [4.78, 5) is 14.6. The van der Waals surface area contributed by atoms with Crippen LogP contribution in [0.1, 0.15) is 23.0 Å². The van der Waals surface area contributed by atoms with Gasteiger partial charge in [0, 0.05) is 30.9 Å². The van der Waals surface area contributed by atoms with Crippen molar-refractivity contribution in [3.63, 3.8) is 0 Å². The largest absolute Gasteiger partial charge is 1.00 e. The quantitative estimate of drug-likeness (QED) is 0.502. The normalized spacial score (nSPS) is 11.6. The van der Waals surface area contributed by atoms with Crippen LogP contribution in [0.25, 0.3) is 0 Å². The smallest absolute Gasteiger partial charge is 0.545 e. The van der Waals surface area contributed by atoms with Crippen molar-refractivity contribution in [1.29, 1.82) is 0 Å². The number of nitrogens with one attached hydrogen (secondary N) is 1. The summed E-state index contributed by atoms with van der Waals surface area (Å²) in [6.45, 7) is 3.05. The average molecular weight is 231 g/mol. The summed E-state index contributed by atoms with van der Waals surface area (Å²) in [6, 6.07) is 2.96. The van der Waals surface area contributed by atoms with Crippen molar-refractivity contribution in [2.45, 2.75) is 19.5 Å². The van der Waals surface area contributed by atoms with E-state index in [2.05, 4.69) is 10.3 Å². The molecule has 1 rings (SSSR count). The van der Waals surface area contributed by atoms with Crippen LogP contribution in [0.3, 0.4) is 0 Å². The molecular weight excluding hydrogens is 217 g/mol. The summed E-state index contributed by atoms with van der Waals surface area (Å²) in [5, 5.41) is 13.6. The Morgan fingerprint density at radius 2 is 2.38 bits per heavy atom. The summed E-state index contributed by atoms with van der Waals surface area (Å²) in [5.41, 5.74) is 6.35. The van der Waals surface area contributed by atoms with Gasteiger partial charge in [0.2, 0.25) is 0 Å². The number of carbonyl (C=O) groups is 1. The van der Waals surface area contributed by atoms with E-state index in [1.54, 1.807) is 0 Å². The first kappa shape index (κ1) is 15.5. The second-order valence-corrected chi connectivity index (χ2v) is 3.43. The van der Waals surface area contributed by atoms with Crippen molar-refractivity contribution in [3.8, 4) is 0 Å². The summed E-state index contributed by atoms with van der Waals surface area (Å²) >= 11 is 0. The van der Waals surface area contributed by atoms with Crippen LogP contribution in [-0.2, 0) is 6.54 Å². The first-order valence-corrected chi connectivity index (χ1v) is 4.72. The van der Waals surface area contributed by atoms with Crippen molar-refractivity contribution in [1.82, 2.24) is 10.3 Å². The second-order valence-electron chi connectivity index (χ2n) is 3.43. The Bertz CT molecular complexity index is 345. The summed E-state index contributed by atoms with van der Waals surface area (Å²) in [7, 11) is 0. The van der Waals surface area contributed by atoms with Gasteiger partial charge in [-0.2, -0.15) is 0 Å². The van der Waals surface area contributed by atoms with E-state index in [-0.39, 0.29) is 41.2 Å². The van der Waals surface area contributed by atoms with Crippen LogP contribution in [0.15, 0.2) is 18.3 Å². The van der Waals surface area contributed by atoms with Gasteiger partial charge in [-0.1, -0.05) is 0 Å². The number of pyridine rings is 1. The van der Waals surface area contributed by atoms with Crippen LogP contribution < -0.4 is 45.7 Å². The van der Waals surface area contributed by atoms with Crippen LogP contribution in [0, 0.1) is 0 Å². The zero-order valence-electron chi connectivity index (χ0n) is 9.56. The summed E-state index contributed by atoms with van der Waals surface area (Å²) in [6.07, 6.45) is 1.45. The molecule has 1 heterocycles. The van der Waals surface area contributed by atoms with Gasteiger partial charge in [-0.05, 0) is 19.1 Å². The first-order valence-electron chi connectivity index (χ1n) is 4.72. The molecule has 1 atom stereocenters. The van der Waals surface area contributed by atoms with E-state index in [4.69, 9.17) is 5.73 Å². The molecule has 82 valence electrons. The van der Waals surface area contributed by atoms with E-state index in [1.165, 1.54) is 18.3 Å². The van der Waals surface area contributed by atoms with Crippen molar-refractivity contribution in [3.05, 3.63) is 29.6 Å². The number of carboxylic acids is 1. The maximum absolute atomic E-state index is 10.6. The van der Waals surface area contributed by atoms with Gasteiger partial charge in [0.05, 0.1) is 11.7 Å². The van der Waals surface area contributed by atoms with Crippen LogP contribution in [0.4, 0.5) is 0 Å². The number of hydrogen-bond acceptors (Lipinski definition) is 5. The number of nitrogens with two attached hydrogens (primary N) is 1. The monoisotopic (exact) mass is 231 g/mol. The van der Waals surface area contributed by atoms with E-state index in [0.717, 1.165) is 0 Å². The Kier molecular flexibility index (Phi) is 7.53. The van der Waals surface area contributed by atoms with Crippen molar-refractivity contribution in [2.24, 2.45) is 5.73 Å². The Balaban J connectivity index is 0.00000225. The molecule has 1 aromatic heterocycles. The first-order chi connectivity index (χ1) is 7.09. The zero-order chi connectivity index (χ0) is 11.3. The molecule has 0 aliphatic heterocycles. The molecule has 0 fully saturated rings. The minimum absolute atomic E-state index is 0. The molecule has 0 bridgehead atoms. The number of carbonyl (C=O) groups excluding carboxylic acids is 1. The molecule has 0 aliphatic rings. The topological polar surface area (TPSA) is 91.1 Å². The Hall–Kier alpha value is -0.460. The molecule has 0 amide bonds. The van der Waals surface area contributed by atoms with Crippen molar-refractivity contribution >= 4 is 5.97 Å². The van der Waals surface area contributed by atoms with E-state index in [0.29, 0.717) is 18.8 Å². The second kappa shape index (κ2) is 7.76. The number of nitrogens with zero attached hydrogens (tertiary/aromatic N) is 1. The molecule has 3 N–H and O–H groups in total. The van der Waals surface area contributed by atoms with Crippen LogP contribution >= 0.6 is 0 Å². The van der Waals surface area contributed by atoms with Gasteiger partial charge in [0.1, 0.15) is 0 Å². The molecule has 6 heteroatoms. The Morgan fingerprint density at radius 3 is 2.94 bits per heavy atom. The fraction of sp³-hybridized carbons (Fsp3) is 0.400.